The highest BCUT2D eigenvalue weighted by atomic mass is 35.5. The number of rotatable bonds is 10. The van der Waals surface area contributed by atoms with Crippen molar-refractivity contribution in [2.24, 2.45) is 0 Å². The number of hydrogen-bond donors (Lipinski definition) is 1. The van der Waals surface area contributed by atoms with Gasteiger partial charge < -0.3 is 14.7 Å². The van der Waals surface area contributed by atoms with E-state index >= 15 is 0 Å². The molecule has 1 aromatic rings. The van der Waals surface area contributed by atoms with Crippen molar-refractivity contribution in [3.8, 4) is 0 Å². The fourth-order valence-corrected chi connectivity index (χ4v) is 6.64. The molecule has 0 saturated carbocycles. The lowest BCUT2D eigenvalue weighted by Crippen LogP contribution is -2.42. The van der Waals surface area contributed by atoms with Gasteiger partial charge in [0.1, 0.15) is 0 Å². The molecule has 31 heavy (non-hydrogen) atoms. The molecule has 1 N–H and O–H groups in total. The van der Waals surface area contributed by atoms with Gasteiger partial charge in [0.15, 0.2) is 8.32 Å². The Morgan fingerprint density at radius 1 is 1.23 bits per heavy atom. The highest BCUT2D eigenvalue weighted by Gasteiger charge is 2.37. The summed E-state index contributed by atoms with van der Waals surface area (Å²) in [4.78, 5) is 17.8. The van der Waals surface area contributed by atoms with E-state index in [1.54, 1.807) is 0 Å². The molecule has 0 aliphatic rings. The minimum Gasteiger partial charge on any atom is -0.408 e. The number of aromatic nitrogens is 1. The van der Waals surface area contributed by atoms with Gasteiger partial charge in [0, 0.05) is 43.3 Å². The van der Waals surface area contributed by atoms with Crippen LogP contribution in [0.1, 0.15) is 39.4 Å². The number of carbonyl (C=O) groups is 1. The minimum absolute atomic E-state index is 0.0838. The van der Waals surface area contributed by atoms with Crippen LogP contribution in [-0.2, 0) is 9.22 Å². The summed E-state index contributed by atoms with van der Waals surface area (Å²) in [7, 11) is -0.847. The first-order valence-corrected chi connectivity index (χ1v) is 13.2. The van der Waals surface area contributed by atoms with Gasteiger partial charge in [-0.1, -0.05) is 44.0 Å². The Bertz CT molecular complexity index is 802. The second-order valence-electron chi connectivity index (χ2n) is 7.23. The van der Waals surface area contributed by atoms with Gasteiger partial charge in [-0.05, 0) is 25.1 Å². The SMILES string of the molecule is CC[Si](CC)(CC)OC(CN(C)C(=O)/C(C=N)=C(/C)C(F)(F)F)c1c(Cl)cncc1Cl. The molecule has 0 bridgehead atoms. The number of nitrogens with one attached hydrogen (secondary N) is 1. The Kier molecular flexibility index (Phi) is 10.2. The zero-order valence-corrected chi connectivity index (χ0v) is 20.8. The van der Waals surface area contributed by atoms with Crippen LogP contribution in [0.4, 0.5) is 13.2 Å². The monoisotopic (exact) mass is 497 g/mol. The van der Waals surface area contributed by atoms with Crippen molar-refractivity contribution < 1.29 is 22.4 Å². The van der Waals surface area contributed by atoms with E-state index in [9.17, 15) is 18.0 Å². The number of nitrogens with zero attached hydrogens (tertiary/aromatic N) is 2. The third kappa shape index (κ3) is 6.78. The maximum Gasteiger partial charge on any atom is 0.413 e. The average molecular weight is 498 g/mol. The van der Waals surface area contributed by atoms with Crippen LogP contribution in [0.15, 0.2) is 23.5 Å². The molecule has 0 spiro atoms. The van der Waals surface area contributed by atoms with Gasteiger partial charge in [0.05, 0.1) is 21.7 Å². The molecule has 1 rings (SSSR count). The Hall–Kier alpha value is -1.42. The van der Waals surface area contributed by atoms with E-state index in [1.165, 1.54) is 19.4 Å². The molecule has 174 valence electrons. The van der Waals surface area contributed by atoms with Crippen LogP contribution in [0.5, 0.6) is 0 Å². The number of carbonyl (C=O) groups excluding carboxylic acids is 1. The molecule has 1 amide bonds. The molecule has 1 heterocycles. The zero-order chi connectivity index (χ0) is 24.0. The van der Waals surface area contributed by atoms with Gasteiger partial charge in [-0.15, -0.1) is 0 Å². The Labute approximate surface area is 192 Å². The largest absolute Gasteiger partial charge is 0.413 e. The molecule has 0 saturated heterocycles. The summed E-state index contributed by atoms with van der Waals surface area (Å²) in [6, 6.07) is 2.44. The van der Waals surface area contributed by atoms with Crippen molar-refractivity contribution in [3.05, 3.63) is 39.1 Å². The summed E-state index contributed by atoms with van der Waals surface area (Å²) in [5, 5.41) is 7.83. The first kappa shape index (κ1) is 27.6. The Morgan fingerprint density at radius 3 is 2.10 bits per heavy atom. The van der Waals surface area contributed by atoms with E-state index in [-0.39, 0.29) is 16.6 Å². The maximum absolute atomic E-state index is 13.1. The van der Waals surface area contributed by atoms with Crippen LogP contribution in [0.2, 0.25) is 28.2 Å². The van der Waals surface area contributed by atoms with E-state index < -0.39 is 37.7 Å². The van der Waals surface area contributed by atoms with Gasteiger partial charge in [-0.2, -0.15) is 13.2 Å². The van der Waals surface area contributed by atoms with Gasteiger partial charge in [0.2, 0.25) is 0 Å². The van der Waals surface area contributed by atoms with Crippen LogP contribution in [0.3, 0.4) is 0 Å². The van der Waals surface area contributed by atoms with Gasteiger partial charge >= 0.3 is 6.18 Å². The minimum atomic E-state index is -4.72. The van der Waals surface area contributed by atoms with Crippen LogP contribution < -0.4 is 0 Å². The molecule has 11 heteroatoms. The summed E-state index contributed by atoms with van der Waals surface area (Å²) in [5.41, 5.74) is -1.42. The first-order chi connectivity index (χ1) is 14.4. The summed E-state index contributed by atoms with van der Waals surface area (Å²) >= 11 is 12.7. The van der Waals surface area contributed by atoms with Crippen molar-refractivity contribution in [1.82, 2.24) is 9.88 Å². The normalized spacial score (nSPS) is 14.1. The molecule has 0 aliphatic carbocycles. The molecule has 0 radical (unpaired) electrons. The molecular formula is C20H28Cl2F3N3O2Si. The smallest absolute Gasteiger partial charge is 0.408 e. The second-order valence-corrected chi connectivity index (χ2v) is 12.8. The van der Waals surface area contributed by atoms with Crippen molar-refractivity contribution in [1.29, 1.82) is 5.41 Å². The lowest BCUT2D eigenvalue weighted by Gasteiger charge is -2.36. The number of likely N-dealkylation sites (N-methyl/N-ethyl adjacent to an activating group) is 1. The van der Waals surface area contributed by atoms with Crippen molar-refractivity contribution >= 4 is 43.6 Å². The molecular weight excluding hydrogens is 470 g/mol. The number of halogens is 5. The molecule has 1 atom stereocenters. The fourth-order valence-electron chi connectivity index (χ4n) is 3.24. The standard InChI is InChI=1S/C20H28Cl2F3N3O2Si/c1-6-31(7-2,8-3)30-17(18-15(21)10-27-11-16(18)22)12-28(5)19(29)14(9-26)13(4)20(23,24)25/h9-11,17,26H,6-8,12H2,1-5H3/b14-13-,26-9?. The van der Waals surface area contributed by atoms with E-state index in [4.69, 9.17) is 33.0 Å². The van der Waals surface area contributed by atoms with Gasteiger partial charge in [-0.3, -0.25) is 9.78 Å². The van der Waals surface area contributed by atoms with Crippen molar-refractivity contribution in [3.63, 3.8) is 0 Å². The van der Waals surface area contributed by atoms with Crippen molar-refractivity contribution in [2.75, 3.05) is 13.6 Å². The average Bonchev–Trinajstić information content (AvgIpc) is 2.71. The Balaban J connectivity index is 3.41. The predicted octanol–water partition coefficient (Wildman–Crippen LogP) is 6.44. The van der Waals surface area contributed by atoms with Gasteiger partial charge in [0.25, 0.3) is 5.91 Å². The number of pyridine rings is 1. The topological polar surface area (TPSA) is 66.3 Å². The van der Waals surface area contributed by atoms with E-state index in [2.05, 4.69) is 4.98 Å². The van der Waals surface area contributed by atoms with Crippen molar-refractivity contribution in [2.45, 2.75) is 58.1 Å². The zero-order valence-electron chi connectivity index (χ0n) is 18.2. The van der Waals surface area contributed by atoms with Crippen LogP contribution >= 0.6 is 23.2 Å². The lowest BCUT2D eigenvalue weighted by atomic mass is 10.1. The Morgan fingerprint density at radius 2 is 1.71 bits per heavy atom. The molecule has 5 nitrogen and oxygen atoms in total. The third-order valence-corrected chi connectivity index (χ3v) is 10.8. The summed E-state index contributed by atoms with van der Waals surface area (Å²) in [6.07, 6.45) is -2.23. The number of allylic oxidation sites excluding steroid dienone is 1. The summed E-state index contributed by atoms with van der Waals surface area (Å²) in [6.45, 7) is 6.79. The highest BCUT2D eigenvalue weighted by molar-refractivity contribution is 6.73. The molecule has 0 aliphatic heterocycles. The van der Waals surface area contributed by atoms with E-state index in [1.807, 2.05) is 20.8 Å². The van der Waals surface area contributed by atoms with Crippen LogP contribution in [0, 0.1) is 5.41 Å². The molecule has 0 aromatic carbocycles. The predicted molar refractivity (Wildman–Crippen MR) is 120 cm³/mol. The molecule has 1 aromatic heterocycles. The number of alkyl halides is 3. The molecule has 0 fully saturated rings. The highest BCUT2D eigenvalue weighted by Crippen LogP contribution is 2.37. The maximum atomic E-state index is 13.1. The number of hydrogen-bond acceptors (Lipinski definition) is 4. The second kappa shape index (κ2) is 11.4. The summed E-state index contributed by atoms with van der Waals surface area (Å²) in [5.74, 6) is -0.934. The van der Waals surface area contributed by atoms with E-state index in [0.29, 0.717) is 11.8 Å². The quantitative estimate of drug-likeness (QED) is 0.229. The van der Waals surface area contributed by atoms with E-state index in [0.717, 1.165) is 30.0 Å². The van der Waals surface area contributed by atoms with Crippen LogP contribution in [-0.4, -0.2) is 50.1 Å². The summed E-state index contributed by atoms with van der Waals surface area (Å²) < 4.78 is 45.9. The third-order valence-electron chi connectivity index (χ3n) is 5.53. The molecule has 1 unspecified atom stereocenters. The van der Waals surface area contributed by atoms with Gasteiger partial charge in [-0.25, -0.2) is 0 Å². The van der Waals surface area contributed by atoms with Crippen LogP contribution in [0.25, 0.3) is 0 Å². The fraction of sp³-hybridized carbons (Fsp3) is 0.550. The number of amides is 1. The lowest BCUT2D eigenvalue weighted by molar-refractivity contribution is -0.127. The first-order valence-electron chi connectivity index (χ1n) is 9.88.